The number of anilines is 1. The van der Waals surface area contributed by atoms with Crippen molar-refractivity contribution in [2.24, 2.45) is 0 Å². The third-order valence-electron chi connectivity index (χ3n) is 4.51. The molecule has 152 valence electrons. The van der Waals surface area contributed by atoms with Crippen molar-refractivity contribution in [3.63, 3.8) is 0 Å². The summed E-state index contributed by atoms with van der Waals surface area (Å²) in [6.45, 7) is 1.81. The molecular weight excluding hydrogens is 417 g/mol. The average molecular weight is 431 g/mol. The molecular formula is C21H14ClF3N4O. The van der Waals surface area contributed by atoms with E-state index in [1.807, 2.05) is 6.92 Å². The number of halogens is 4. The van der Waals surface area contributed by atoms with Crippen molar-refractivity contribution < 1.29 is 18.0 Å². The summed E-state index contributed by atoms with van der Waals surface area (Å²) in [5, 5.41) is 6.84. The number of aromatic nitrogens is 3. The van der Waals surface area contributed by atoms with Crippen LogP contribution in [0.4, 0.5) is 18.9 Å². The summed E-state index contributed by atoms with van der Waals surface area (Å²) in [5.41, 5.74) is 0.504. The van der Waals surface area contributed by atoms with Gasteiger partial charge in [-0.1, -0.05) is 48.0 Å². The predicted octanol–water partition coefficient (Wildman–Crippen LogP) is 5.63. The Morgan fingerprint density at radius 1 is 1.10 bits per heavy atom. The van der Waals surface area contributed by atoms with Gasteiger partial charge in [-0.3, -0.25) is 4.79 Å². The van der Waals surface area contributed by atoms with Crippen LogP contribution in [0, 0.1) is 6.92 Å². The molecule has 2 heterocycles. The number of nitrogens with one attached hydrogen (secondary N) is 1. The summed E-state index contributed by atoms with van der Waals surface area (Å²) >= 11 is 6.07. The van der Waals surface area contributed by atoms with Gasteiger partial charge in [0.1, 0.15) is 5.56 Å². The summed E-state index contributed by atoms with van der Waals surface area (Å²) in [6.07, 6.45) is -3.62. The molecule has 4 rings (SSSR count). The highest BCUT2D eigenvalue weighted by atomic mass is 35.5. The van der Waals surface area contributed by atoms with Crippen LogP contribution >= 0.6 is 11.6 Å². The van der Waals surface area contributed by atoms with E-state index in [0.717, 1.165) is 17.8 Å². The Kier molecular flexibility index (Phi) is 4.95. The normalized spacial score (nSPS) is 11.6. The minimum atomic E-state index is -4.69. The Morgan fingerprint density at radius 3 is 2.50 bits per heavy atom. The molecule has 0 radical (unpaired) electrons. The van der Waals surface area contributed by atoms with Crippen LogP contribution < -0.4 is 5.32 Å². The van der Waals surface area contributed by atoms with Gasteiger partial charge in [0.25, 0.3) is 5.91 Å². The highest BCUT2D eigenvalue weighted by Crippen LogP contribution is 2.33. The molecule has 0 saturated heterocycles. The Labute approximate surface area is 174 Å². The second kappa shape index (κ2) is 7.46. The molecule has 4 aromatic rings. The zero-order chi connectivity index (χ0) is 21.5. The van der Waals surface area contributed by atoms with E-state index in [9.17, 15) is 18.0 Å². The van der Waals surface area contributed by atoms with Crippen LogP contribution in [0.25, 0.3) is 16.9 Å². The number of alkyl halides is 3. The topological polar surface area (TPSA) is 59.3 Å². The number of benzene rings is 2. The van der Waals surface area contributed by atoms with Gasteiger partial charge in [-0.2, -0.15) is 18.3 Å². The lowest BCUT2D eigenvalue weighted by atomic mass is 10.1. The van der Waals surface area contributed by atoms with Crippen LogP contribution in [0.3, 0.4) is 0 Å². The summed E-state index contributed by atoms with van der Waals surface area (Å²) in [6, 6.07) is 14.3. The van der Waals surface area contributed by atoms with E-state index in [1.165, 1.54) is 0 Å². The third kappa shape index (κ3) is 3.73. The number of aryl methyl sites for hydroxylation is 1. The largest absolute Gasteiger partial charge is 0.433 e. The maximum absolute atomic E-state index is 13.6. The zero-order valence-corrected chi connectivity index (χ0v) is 16.3. The van der Waals surface area contributed by atoms with Gasteiger partial charge in [0.15, 0.2) is 11.3 Å². The molecule has 9 heteroatoms. The summed E-state index contributed by atoms with van der Waals surface area (Å²) < 4.78 is 41.6. The summed E-state index contributed by atoms with van der Waals surface area (Å²) in [5.74, 6) is -0.643. The molecule has 1 amide bonds. The SMILES string of the molecule is Cc1ccc(NC(=O)c2cnn3c(C(F)(F)F)cc(-c4ccccc4)nc23)cc1Cl. The molecule has 0 atom stereocenters. The lowest BCUT2D eigenvalue weighted by molar-refractivity contribution is -0.142. The smallest absolute Gasteiger partial charge is 0.322 e. The van der Waals surface area contributed by atoms with Crippen molar-refractivity contribution >= 4 is 28.8 Å². The number of hydrogen-bond donors (Lipinski definition) is 1. The van der Waals surface area contributed by atoms with Crippen LogP contribution in [0.5, 0.6) is 0 Å². The van der Waals surface area contributed by atoms with Crippen LogP contribution in [0.2, 0.25) is 5.02 Å². The van der Waals surface area contributed by atoms with Crippen LogP contribution in [-0.4, -0.2) is 20.5 Å². The van der Waals surface area contributed by atoms with Crippen molar-refractivity contribution in [3.8, 4) is 11.3 Å². The van der Waals surface area contributed by atoms with Crippen molar-refractivity contribution in [2.45, 2.75) is 13.1 Å². The first kappa shape index (κ1) is 19.9. The Balaban J connectivity index is 1.82. The number of fused-ring (bicyclic) bond motifs is 1. The fraction of sp³-hybridized carbons (Fsp3) is 0.0952. The van der Waals surface area contributed by atoms with Crippen LogP contribution in [0.15, 0.2) is 60.8 Å². The van der Waals surface area contributed by atoms with Crippen molar-refractivity contribution in [1.29, 1.82) is 0 Å². The highest BCUT2D eigenvalue weighted by Gasteiger charge is 2.36. The van der Waals surface area contributed by atoms with E-state index < -0.39 is 17.8 Å². The van der Waals surface area contributed by atoms with Gasteiger partial charge in [0.05, 0.1) is 11.9 Å². The first-order valence-corrected chi connectivity index (χ1v) is 9.21. The quantitative estimate of drug-likeness (QED) is 0.458. The molecule has 0 saturated carbocycles. The first-order chi connectivity index (χ1) is 14.2. The minimum absolute atomic E-state index is 0.0864. The van der Waals surface area contributed by atoms with Gasteiger partial charge in [-0.05, 0) is 30.7 Å². The number of rotatable bonds is 3. The van der Waals surface area contributed by atoms with Crippen molar-refractivity contribution in [3.05, 3.63) is 82.6 Å². The predicted molar refractivity (Wildman–Crippen MR) is 108 cm³/mol. The summed E-state index contributed by atoms with van der Waals surface area (Å²) in [7, 11) is 0. The fourth-order valence-electron chi connectivity index (χ4n) is 2.95. The lowest BCUT2D eigenvalue weighted by Gasteiger charge is -2.12. The number of carbonyl (C=O) groups is 1. The molecule has 2 aromatic carbocycles. The first-order valence-electron chi connectivity index (χ1n) is 8.83. The van der Waals surface area contributed by atoms with E-state index in [2.05, 4.69) is 15.4 Å². The monoisotopic (exact) mass is 430 g/mol. The number of nitrogens with zero attached hydrogens (tertiary/aromatic N) is 3. The van der Waals surface area contributed by atoms with Gasteiger partial charge in [-0.15, -0.1) is 0 Å². The van der Waals surface area contributed by atoms with E-state index in [4.69, 9.17) is 11.6 Å². The number of hydrogen-bond acceptors (Lipinski definition) is 3. The van der Waals surface area contributed by atoms with Gasteiger partial charge < -0.3 is 5.32 Å². The Morgan fingerprint density at radius 2 is 1.83 bits per heavy atom. The maximum atomic E-state index is 13.6. The van der Waals surface area contributed by atoms with E-state index in [0.29, 0.717) is 20.8 Å². The highest BCUT2D eigenvalue weighted by molar-refractivity contribution is 6.31. The van der Waals surface area contributed by atoms with Gasteiger partial charge in [-0.25, -0.2) is 9.50 Å². The molecule has 30 heavy (non-hydrogen) atoms. The molecule has 0 aliphatic heterocycles. The average Bonchev–Trinajstić information content (AvgIpc) is 3.14. The minimum Gasteiger partial charge on any atom is -0.322 e. The van der Waals surface area contributed by atoms with Crippen LogP contribution in [-0.2, 0) is 6.18 Å². The zero-order valence-electron chi connectivity index (χ0n) is 15.5. The number of carbonyl (C=O) groups excluding carboxylic acids is 1. The number of amides is 1. The molecule has 0 aliphatic carbocycles. The Bertz CT molecular complexity index is 1250. The molecule has 0 spiro atoms. The second-order valence-corrected chi connectivity index (χ2v) is 7.01. The fourth-order valence-corrected chi connectivity index (χ4v) is 3.13. The molecule has 5 nitrogen and oxygen atoms in total. The van der Waals surface area contributed by atoms with Gasteiger partial charge >= 0.3 is 6.18 Å². The second-order valence-electron chi connectivity index (χ2n) is 6.60. The molecule has 0 fully saturated rings. The molecule has 0 aliphatic rings. The van der Waals surface area contributed by atoms with Crippen molar-refractivity contribution in [2.75, 3.05) is 5.32 Å². The lowest BCUT2D eigenvalue weighted by Crippen LogP contribution is -2.15. The van der Waals surface area contributed by atoms with E-state index >= 15 is 0 Å². The van der Waals surface area contributed by atoms with Gasteiger partial charge in [0, 0.05) is 16.3 Å². The van der Waals surface area contributed by atoms with Gasteiger partial charge in [0.2, 0.25) is 0 Å². The molecule has 1 N–H and O–H groups in total. The van der Waals surface area contributed by atoms with E-state index in [-0.39, 0.29) is 16.9 Å². The van der Waals surface area contributed by atoms with Crippen LogP contribution in [0.1, 0.15) is 21.6 Å². The molecule has 0 bridgehead atoms. The maximum Gasteiger partial charge on any atom is 0.433 e. The van der Waals surface area contributed by atoms with E-state index in [1.54, 1.807) is 48.5 Å². The standard InChI is InChI=1S/C21H14ClF3N4O/c1-12-7-8-14(9-16(12)22)27-20(30)15-11-26-29-18(21(23,24)25)10-17(28-19(15)29)13-5-3-2-4-6-13/h2-11H,1H3,(H,27,30). The van der Waals surface area contributed by atoms with Crippen molar-refractivity contribution in [1.82, 2.24) is 14.6 Å². The third-order valence-corrected chi connectivity index (χ3v) is 4.91. The molecule has 0 unspecified atom stereocenters. The Hall–Kier alpha value is -3.39. The summed E-state index contributed by atoms with van der Waals surface area (Å²) in [4.78, 5) is 17.1. The molecule has 2 aromatic heterocycles.